The van der Waals surface area contributed by atoms with E-state index in [1.54, 1.807) is 0 Å². The summed E-state index contributed by atoms with van der Waals surface area (Å²) in [5.41, 5.74) is 1.82. The highest BCUT2D eigenvalue weighted by Crippen LogP contribution is 2.34. The summed E-state index contributed by atoms with van der Waals surface area (Å²) in [6, 6.07) is 5.82. The average molecular weight is 238 g/mol. The number of benzene rings is 1. The minimum atomic E-state index is -0.407. The number of carbonyl (C=O) groups excluding carboxylic acids is 1. The van der Waals surface area contributed by atoms with Crippen molar-refractivity contribution in [2.24, 2.45) is 0 Å². The first-order chi connectivity index (χ1) is 7.43. The molecule has 3 heteroatoms. The molecule has 0 radical (unpaired) electrons. The van der Waals surface area contributed by atoms with Crippen molar-refractivity contribution in [2.75, 3.05) is 11.4 Å². The van der Waals surface area contributed by atoms with Crippen molar-refractivity contribution >= 4 is 23.1 Å². The van der Waals surface area contributed by atoms with Crippen LogP contribution in [0.3, 0.4) is 0 Å². The molecule has 0 unspecified atom stereocenters. The van der Waals surface area contributed by atoms with Crippen LogP contribution in [0.2, 0.25) is 5.02 Å². The lowest BCUT2D eigenvalue weighted by atomic mass is 9.99. The Morgan fingerprint density at radius 2 is 2.06 bits per heavy atom. The molecule has 0 saturated carbocycles. The molecule has 0 bridgehead atoms. The number of rotatable bonds is 1. The molecule has 1 aromatic rings. The molecule has 0 N–H and O–H groups in total. The summed E-state index contributed by atoms with van der Waals surface area (Å²) in [4.78, 5) is 14.0. The fourth-order valence-electron chi connectivity index (χ4n) is 2.24. The Bertz CT molecular complexity index is 440. The maximum atomic E-state index is 11.8. The number of hydrogen-bond donors (Lipinski definition) is 0. The van der Waals surface area contributed by atoms with Crippen molar-refractivity contribution in [1.29, 1.82) is 0 Å². The van der Waals surface area contributed by atoms with Crippen LogP contribution in [0.1, 0.15) is 25.8 Å². The maximum absolute atomic E-state index is 11.8. The molecule has 1 saturated heterocycles. The molecule has 1 aromatic carbocycles. The summed E-state index contributed by atoms with van der Waals surface area (Å²) in [7, 11) is 0. The van der Waals surface area contributed by atoms with E-state index < -0.39 is 5.54 Å². The van der Waals surface area contributed by atoms with E-state index in [1.807, 2.05) is 39.0 Å². The Hall–Kier alpha value is -1.02. The number of anilines is 1. The highest BCUT2D eigenvalue weighted by Gasteiger charge is 2.40. The van der Waals surface area contributed by atoms with Crippen LogP contribution < -0.4 is 4.90 Å². The van der Waals surface area contributed by atoms with Crippen molar-refractivity contribution in [3.05, 3.63) is 28.8 Å². The predicted molar refractivity (Wildman–Crippen MR) is 67.2 cm³/mol. The fraction of sp³-hybridized carbons (Fsp3) is 0.462. The van der Waals surface area contributed by atoms with Gasteiger partial charge in [-0.25, -0.2) is 0 Å². The fourth-order valence-corrected chi connectivity index (χ4v) is 2.41. The number of nitrogens with zero attached hydrogens (tertiary/aromatic N) is 1. The summed E-state index contributed by atoms with van der Waals surface area (Å²) in [6.07, 6.45) is 0.624. The zero-order chi connectivity index (χ0) is 11.9. The Balaban J connectivity index is 2.45. The van der Waals surface area contributed by atoms with Gasteiger partial charge in [0.25, 0.3) is 0 Å². The van der Waals surface area contributed by atoms with Crippen molar-refractivity contribution in [3.63, 3.8) is 0 Å². The highest BCUT2D eigenvalue weighted by molar-refractivity contribution is 6.30. The number of Topliss-reactive ketones (excluding diaryl/α,β-unsaturated/α-hetero) is 1. The third kappa shape index (κ3) is 1.71. The first kappa shape index (κ1) is 11.5. The van der Waals surface area contributed by atoms with Gasteiger partial charge in [0, 0.05) is 23.7 Å². The van der Waals surface area contributed by atoms with Gasteiger partial charge >= 0.3 is 0 Å². The van der Waals surface area contributed by atoms with Crippen LogP contribution in [0.25, 0.3) is 0 Å². The van der Waals surface area contributed by atoms with Gasteiger partial charge in [-0.1, -0.05) is 17.7 Å². The molecule has 86 valence electrons. The van der Waals surface area contributed by atoms with E-state index in [1.165, 1.54) is 0 Å². The second kappa shape index (κ2) is 3.77. The maximum Gasteiger partial charge on any atom is 0.159 e. The van der Waals surface area contributed by atoms with Crippen molar-refractivity contribution in [3.8, 4) is 0 Å². The van der Waals surface area contributed by atoms with E-state index in [-0.39, 0.29) is 0 Å². The van der Waals surface area contributed by atoms with Crippen molar-refractivity contribution < 1.29 is 4.79 Å². The van der Waals surface area contributed by atoms with Gasteiger partial charge in [-0.15, -0.1) is 0 Å². The zero-order valence-corrected chi connectivity index (χ0v) is 10.6. The lowest BCUT2D eigenvalue weighted by Crippen LogP contribution is -2.43. The Morgan fingerprint density at radius 3 is 2.62 bits per heavy atom. The minimum Gasteiger partial charge on any atom is -0.359 e. The first-order valence-electron chi connectivity index (χ1n) is 5.50. The van der Waals surface area contributed by atoms with Crippen LogP contribution in [0.4, 0.5) is 5.69 Å². The van der Waals surface area contributed by atoms with Crippen LogP contribution in [0.5, 0.6) is 0 Å². The standard InChI is InChI=1S/C13H16ClNO/c1-9-4-5-10(14)8-11(9)15-7-6-12(16)13(15,2)3/h4-5,8H,6-7H2,1-3H3. The van der Waals surface area contributed by atoms with Gasteiger partial charge in [0.05, 0.1) is 5.54 Å². The molecule has 1 heterocycles. The summed E-state index contributed by atoms with van der Waals surface area (Å²) in [5, 5.41) is 0.718. The molecule has 0 spiro atoms. The van der Waals surface area contributed by atoms with Crippen LogP contribution >= 0.6 is 11.6 Å². The smallest absolute Gasteiger partial charge is 0.159 e. The molecule has 0 atom stereocenters. The van der Waals surface area contributed by atoms with E-state index in [0.29, 0.717) is 12.2 Å². The number of aryl methyl sites for hydroxylation is 1. The van der Waals surface area contributed by atoms with Crippen LogP contribution in [0.15, 0.2) is 18.2 Å². The van der Waals surface area contributed by atoms with Gasteiger partial charge in [-0.2, -0.15) is 0 Å². The summed E-state index contributed by atoms with van der Waals surface area (Å²) >= 11 is 6.01. The van der Waals surface area contributed by atoms with Crippen LogP contribution in [-0.2, 0) is 4.79 Å². The van der Waals surface area contributed by atoms with E-state index >= 15 is 0 Å². The largest absolute Gasteiger partial charge is 0.359 e. The Morgan fingerprint density at radius 1 is 1.38 bits per heavy atom. The van der Waals surface area contributed by atoms with Gasteiger partial charge in [-0.3, -0.25) is 4.79 Å². The lowest BCUT2D eigenvalue weighted by Gasteiger charge is -2.33. The molecular formula is C13H16ClNO. The van der Waals surface area contributed by atoms with E-state index in [2.05, 4.69) is 4.90 Å². The third-order valence-corrected chi connectivity index (χ3v) is 3.62. The molecule has 16 heavy (non-hydrogen) atoms. The monoisotopic (exact) mass is 237 g/mol. The molecule has 2 rings (SSSR count). The Kier molecular flexibility index (Phi) is 2.70. The van der Waals surface area contributed by atoms with E-state index in [9.17, 15) is 4.79 Å². The predicted octanol–water partition coefficient (Wildman–Crippen LogP) is 3.21. The van der Waals surface area contributed by atoms with Gasteiger partial charge in [0.15, 0.2) is 5.78 Å². The lowest BCUT2D eigenvalue weighted by molar-refractivity contribution is -0.120. The number of hydrogen-bond acceptors (Lipinski definition) is 2. The van der Waals surface area contributed by atoms with Gasteiger partial charge in [0.2, 0.25) is 0 Å². The van der Waals surface area contributed by atoms with Crippen molar-refractivity contribution in [1.82, 2.24) is 0 Å². The average Bonchev–Trinajstić information content (AvgIpc) is 2.47. The zero-order valence-electron chi connectivity index (χ0n) is 9.88. The molecule has 1 fully saturated rings. The van der Waals surface area contributed by atoms with Crippen LogP contribution in [0, 0.1) is 6.92 Å². The van der Waals surface area contributed by atoms with Gasteiger partial charge in [0.1, 0.15) is 0 Å². The van der Waals surface area contributed by atoms with Crippen molar-refractivity contribution in [2.45, 2.75) is 32.7 Å². The number of halogens is 1. The summed E-state index contributed by atoms with van der Waals surface area (Å²) < 4.78 is 0. The highest BCUT2D eigenvalue weighted by atomic mass is 35.5. The molecule has 0 aromatic heterocycles. The normalized spacial score (nSPS) is 19.2. The van der Waals surface area contributed by atoms with Gasteiger partial charge in [-0.05, 0) is 38.5 Å². The third-order valence-electron chi connectivity index (χ3n) is 3.38. The molecule has 0 amide bonds. The van der Waals surface area contributed by atoms with E-state index in [4.69, 9.17) is 11.6 Å². The SMILES string of the molecule is Cc1ccc(Cl)cc1N1CCC(=O)C1(C)C. The molecule has 0 aliphatic carbocycles. The Labute approximate surface area is 101 Å². The van der Waals surface area contributed by atoms with E-state index in [0.717, 1.165) is 22.8 Å². The van der Waals surface area contributed by atoms with Crippen LogP contribution in [-0.4, -0.2) is 17.9 Å². The number of carbonyl (C=O) groups is 1. The first-order valence-corrected chi connectivity index (χ1v) is 5.88. The van der Waals surface area contributed by atoms with Gasteiger partial charge < -0.3 is 4.90 Å². The summed E-state index contributed by atoms with van der Waals surface area (Å²) in [6.45, 7) is 6.78. The molecule has 1 aliphatic rings. The quantitative estimate of drug-likeness (QED) is 0.748. The number of ketones is 1. The topological polar surface area (TPSA) is 20.3 Å². The second-order valence-electron chi connectivity index (χ2n) is 4.81. The summed E-state index contributed by atoms with van der Waals surface area (Å²) in [5.74, 6) is 0.298. The molecule has 2 nitrogen and oxygen atoms in total. The molecule has 1 aliphatic heterocycles. The minimum absolute atomic E-state index is 0.298. The second-order valence-corrected chi connectivity index (χ2v) is 5.25. The molecular weight excluding hydrogens is 222 g/mol.